The molecule has 0 atom stereocenters. The molecule has 1 aromatic carbocycles. The minimum Gasteiger partial charge on any atom is -0.464 e. The Morgan fingerprint density at radius 1 is 1.35 bits per heavy atom. The van der Waals surface area contributed by atoms with Gasteiger partial charge in [0.25, 0.3) is 0 Å². The molecule has 0 aliphatic carbocycles. The predicted molar refractivity (Wildman–Crippen MR) is 71.3 cm³/mol. The predicted octanol–water partition coefficient (Wildman–Crippen LogP) is 3.75. The molecule has 2 aromatic rings. The summed E-state index contributed by atoms with van der Waals surface area (Å²) in [6.07, 6.45) is 0.596. The number of fused-ring (bicyclic) bond motifs is 1. The van der Waals surface area contributed by atoms with Crippen LogP contribution in [0.15, 0.2) is 29.3 Å². The minimum absolute atomic E-state index is 0.0567. The van der Waals surface area contributed by atoms with Crippen molar-refractivity contribution < 1.29 is 9.90 Å². The summed E-state index contributed by atoms with van der Waals surface area (Å²) in [5.41, 5.74) is 1.70. The Bertz CT molecular complexity index is 593. The second-order valence-electron chi connectivity index (χ2n) is 5.15. The van der Waals surface area contributed by atoms with Crippen LogP contribution in [0.4, 0.5) is 4.79 Å². The summed E-state index contributed by atoms with van der Waals surface area (Å²) in [4.78, 5) is 12.0. The van der Waals surface area contributed by atoms with Gasteiger partial charge in [-0.2, -0.15) is 0 Å². The monoisotopic (exact) mass is 249 g/mol. The van der Waals surface area contributed by atoms with E-state index in [0.717, 1.165) is 15.8 Å². The maximum Gasteiger partial charge on any atom is 0.415 e. The molecule has 0 aliphatic rings. The summed E-state index contributed by atoms with van der Waals surface area (Å²) in [6.45, 7) is 6.26. The van der Waals surface area contributed by atoms with Gasteiger partial charge in [0.05, 0.1) is 5.52 Å². The zero-order chi connectivity index (χ0) is 12.8. The topological polar surface area (TPSA) is 42.2 Å². The summed E-state index contributed by atoms with van der Waals surface area (Å²) >= 11 is 4.47. The molecule has 0 saturated heterocycles. The highest BCUT2D eigenvalue weighted by Gasteiger charge is 2.19. The van der Waals surface area contributed by atoms with Crippen LogP contribution in [0.1, 0.15) is 26.3 Å². The van der Waals surface area contributed by atoms with E-state index in [-0.39, 0.29) is 5.41 Å². The molecule has 90 valence electrons. The molecule has 0 bridgehead atoms. The lowest BCUT2D eigenvalue weighted by atomic mass is 9.86. The van der Waals surface area contributed by atoms with E-state index < -0.39 is 6.09 Å². The molecule has 0 unspecified atom stereocenters. The molecule has 0 amide bonds. The summed E-state index contributed by atoms with van der Waals surface area (Å²) in [7, 11) is 0. The van der Waals surface area contributed by atoms with Crippen LogP contribution in [0.2, 0.25) is 0 Å². The van der Waals surface area contributed by atoms with Gasteiger partial charge in [0.15, 0.2) is 0 Å². The summed E-state index contributed by atoms with van der Waals surface area (Å²) < 4.78 is 1.23. The van der Waals surface area contributed by atoms with Crippen LogP contribution in [0.3, 0.4) is 0 Å². The minimum atomic E-state index is -0.966. The summed E-state index contributed by atoms with van der Waals surface area (Å²) in [5, 5.41) is 9.97. The lowest BCUT2D eigenvalue weighted by Gasteiger charge is -2.21. The molecule has 1 N–H and O–H groups in total. The summed E-state index contributed by atoms with van der Waals surface area (Å²) in [6, 6.07) is 5.61. The van der Waals surface area contributed by atoms with E-state index >= 15 is 0 Å². The maximum absolute atomic E-state index is 11.1. The smallest absolute Gasteiger partial charge is 0.415 e. The SMILES string of the molecule is CC(C)(C)c1cc2c(ccn2C(=O)O)cc1S. The Hall–Kier alpha value is -1.42. The van der Waals surface area contributed by atoms with E-state index in [9.17, 15) is 4.79 Å². The van der Waals surface area contributed by atoms with Crippen molar-refractivity contribution >= 4 is 29.6 Å². The quantitative estimate of drug-likeness (QED) is 0.698. The molecule has 0 aliphatic heterocycles. The first kappa shape index (κ1) is 12.0. The van der Waals surface area contributed by atoms with Crippen molar-refractivity contribution in [1.82, 2.24) is 4.57 Å². The fourth-order valence-electron chi connectivity index (χ4n) is 1.94. The first-order valence-corrected chi connectivity index (χ1v) is 5.83. The Morgan fingerprint density at radius 2 is 2.00 bits per heavy atom. The van der Waals surface area contributed by atoms with Crippen LogP contribution in [0.5, 0.6) is 0 Å². The number of carbonyl (C=O) groups is 1. The number of aromatic nitrogens is 1. The van der Waals surface area contributed by atoms with Crippen molar-refractivity contribution in [2.75, 3.05) is 0 Å². The van der Waals surface area contributed by atoms with Crippen molar-refractivity contribution in [3.8, 4) is 0 Å². The van der Waals surface area contributed by atoms with Crippen molar-refractivity contribution in [1.29, 1.82) is 0 Å². The standard InChI is InChI=1S/C13H15NO2S/c1-13(2,3)9-7-10-8(6-11(9)17)4-5-14(10)12(15)16/h4-7,17H,1-3H3,(H,15,16). The van der Waals surface area contributed by atoms with Gasteiger partial charge in [-0.05, 0) is 29.2 Å². The molecule has 4 heteroatoms. The summed E-state index contributed by atoms with van der Waals surface area (Å²) in [5.74, 6) is 0. The molecule has 1 aromatic heterocycles. The number of hydrogen-bond acceptors (Lipinski definition) is 2. The van der Waals surface area contributed by atoms with E-state index in [4.69, 9.17) is 5.11 Å². The zero-order valence-electron chi connectivity index (χ0n) is 10.1. The largest absolute Gasteiger partial charge is 0.464 e. The first-order chi connectivity index (χ1) is 7.80. The molecular formula is C13H15NO2S. The Morgan fingerprint density at radius 3 is 2.53 bits per heavy atom. The first-order valence-electron chi connectivity index (χ1n) is 5.38. The molecule has 0 radical (unpaired) electrons. The van der Waals surface area contributed by atoms with Crippen molar-refractivity contribution in [2.24, 2.45) is 0 Å². The third-order valence-corrected chi connectivity index (χ3v) is 3.19. The van der Waals surface area contributed by atoms with Crippen LogP contribution < -0.4 is 0 Å². The second-order valence-corrected chi connectivity index (χ2v) is 5.63. The zero-order valence-corrected chi connectivity index (χ0v) is 11.0. The Labute approximate surface area is 105 Å². The highest BCUT2D eigenvalue weighted by Crippen LogP contribution is 2.32. The van der Waals surface area contributed by atoms with E-state index in [0.29, 0.717) is 5.52 Å². The van der Waals surface area contributed by atoms with Gasteiger partial charge >= 0.3 is 6.09 Å². The van der Waals surface area contributed by atoms with E-state index in [1.807, 2.05) is 12.1 Å². The van der Waals surface area contributed by atoms with Gasteiger partial charge in [-0.1, -0.05) is 20.8 Å². The molecule has 3 nitrogen and oxygen atoms in total. The van der Waals surface area contributed by atoms with E-state index in [1.165, 1.54) is 4.57 Å². The molecule has 0 spiro atoms. The lowest BCUT2D eigenvalue weighted by molar-refractivity contribution is 0.197. The van der Waals surface area contributed by atoms with Crippen LogP contribution in [0, 0.1) is 0 Å². The normalized spacial score (nSPS) is 12.0. The van der Waals surface area contributed by atoms with Crippen LogP contribution in [-0.2, 0) is 5.41 Å². The Kier molecular flexibility index (Phi) is 2.70. The highest BCUT2D eigenvalue weighted by molar-refractivity contribution is 7.80. The van der Waals surface area contributed by atoms with E-state index in [2.05, 4.69) is 33.4 Å². The van der Waals surface area contributed by atoms with Crippen LogP contribution in [0.25, 0.3) is 10.9 Å². The van der Waals surface area contributed by atoms with Gasteiger partial charge in [0, 0.05) is 16.5 Å². The highest BCUT2D eigenvalue weighted by atomic mass is 32.1. The van der Waals surface area contributed by atoms with Gasteiger partial charge in [-0.15, -0.1) is 12.6 Å². The van der Waals surface area contributed by atoms with Gasteiger partial charge in [0.2, 0.25) is 0 Å². The third-order valence-electron chi connectivity index (χ3n) is 2.82. The number of thiol groups is 1. The maximum atomic E-state index is 11.1. The van der Waals surface area contributed by atoms with Crippen molar-refractivity contribution in [3.63, 3.8) is 0 Å². The fourth-order valence-corrected chi connectivity index (χ4v) is 2.48. The molecule has 1 heterocycles. The number of nitrogens with zero attached hydrogens (tertiary/aromatic N) is 1. The fraction of sp³-hybridized carbons (Fsp3) is 0.308. The van der Waals surface area contributed by atoms with E-state index in [1.54, 1.807) is 12.3 Å². The third kappa shape index (κ3) is 2.05. The number of rotatable bonds is 0. The van der Waals surface area contributed by atoms with Gasteiger partial charge < -0.3 is 5.11 Å². The average Bonchev–Trinajstić information content (AvgIpc) is 2.57. The van der Waals surface area contributed by atoms with Crippen LogP contribution >= 0.6 is 12.6 Å². The van der Waals surface area contributed by atoms with Gasteiger partial charge in [0.1, 0.15) is 0 Å². The number of hydrogen-bond donors (Lipinski definition) is 2. The molecule has 17 heavy (non-hydrogen) atoms. The van der Waals surface area contributed by atoms with Crippen LogP contribution in [-0.4, -0.2) is 15.8 Å². The molecule has 0 saturated carbocycles. The average molecular weight is 249 g/mol. The van der Waals surface area contributed by atoms with Gasteiger partial charge in [-0.25, -0.2) is 4.79 Å². The lowest BCUT2D eigenvalue weighted by Crippen LogP contribution is -2.13. The van der Waals surface area contributed by atoms with Crippen molar-refractivity contribution in [2.45, 2.75) is 31.1 Å². The number of carboxylic acid groups (broad SMARTS) is 1. The number of benzene rings is 1. The molecular weight excluding hydrogens is 234 g/mol. The molecule has 0 fully saturated rings. The molecule has 2 rings (SSSR count). The Balaban J connectivity index is 2.77. The van der Waals surface area contributed by atoms with Gasteiger partial charge in [-0.3, -0.25) is 4.57 Å². The van der Waals surface area contributed by atoms with Crippen molar-refractivity contribution in [3.05, 3.63) is 30.0 Å². The second kappa shape index (κ2) is 3.81.